The summed E-state index contributed by atoms with van der Waals surface area (Å²) in [5.41, 5.74) is 1.19. The molecule has 4 nitrogen and oxygen atoms in total. The molecule has 0 aromatic carbocycles. The van der Waals surface area contributed by atoms with Crippen LogP contribution in [0.2, 0.25) is 0 Å². The molecule has 0 bridgehead atoms. The van der Waals surface area contributed by atoms with Crippen LogP contribution in [0.15, 0.2) is 6.20 Å². The van der Waals surface area contributed by atoms with E-state index in [2.05, 4.69) is 36.4 Å². The lowest BCUT2D eigenvalue weighted by Gasteiger charge is -2.31. The van der Waals surface area contributed by atoms with Gasteiger partial charge in [-0.15, -0.1) is 5.10 Å². The van der Waals surface area contributed by atoms with Gasteiger partial charge in [0, 0.05) is 13.1 Å². The van der Waals surface area contributed by atoms with Gasteiger partial charge in [-0.3, -0.25) is 0 Å². The predicted molar refractivity (Wildman–Crippen MR) is 77.7 cm³/mol. The Labute approximate surface area is 117 Å². The van der Waals surface area contributed by atoms with E-state index in [9.17, 15) is 0 Å². The van der Waals surface area contributed by atoms with Crippen LogP contribution >= 0.6 is 0 Å². The molecule has 0 saturated heterocycles. The summed E-state index contributed by atoms with van der Waals surface area (Å²) in [4.78, 5) is 0. The minimum Gasteiger partial charge on any atom is -0.311 e. The highest BCUT2D eigenvalue weighted by atomic mass is 15.4. The summed E-state index contributed by atoms with van der Waals surface area (Å²) in [5.74, 6) is 2.68. The van der Waals surface area contributed by atoms with Crippen molar-refractivity contribution in [2.24, 2.45) is 17.8 Å². The second kappa shape index (κ2) is 7.04. The molecule has 0 atom stereocenters. The Morgan fingerprint density at radius 2 is 2.05 bits per heavy atom. The van der Waals surface area contributed by atoms with Crippen LogP contribution in [-0.2, 0) is 13.1 Å². The zero-order valence-corrected chi connectivity index (χ0v) is 12.6. The van der Waals surface area contributed by atoms with Gasteiger partial charge in [0.2, 0.25) is 0 Å². The van der Waals surface area contributed by atoms with Crippen LogP contribution < -0.4 is 5.32 Å². The fourth-order valence-corrected chi connectivity index (χ4v) is 3.15. The molecular formula is C15H28N4. The topological polar surface area (TPSA) is 42.7 Å². The minimum atomic E-state index is 0.860. The van der Waals surface area contributed by atoms with Crippen molar-refractivity contribution in [1.29, 1.82) is 0 Å². The maximum absolute atomic E-state index is 4.06. The molecule has 0 aliphatic heterocycles. The standard InChI is InChI=1S/C15H28N4/c1-4-19-15(11-17-18-19)10-16-9-13-5-7-14(8-6-13)12(2)3/h11-14,16H,4-10H2,1-3H3. The first-order valence-corrected chi connectivity index (χ1v) is 7.78. The van der Waals surface area contributed by atoms with Crippen molar-refractivity contribution in [2.75, 3.05) is 6.54 Å². The molecule has 1 heterocycles. The van der Waals surface area contributed by atoms with Gasteiger partial charge < -0.3 is 5.32 Å². The third-order valence-corrected chi connectivity index (χ3v) is 4.57. The van der Waals surface area contributed by atoms with E-state index in [0.29, 0.717) is 0 Å². The molecule has 1 saturated carbocycles. The summed E-state index contributed by atoms with van der Waals surface area (Å²) in [7, 11) is 0. The van der Waals surface area contributed by atoms with Crippen LogP contribution in [0.25, 0.3) is 0 Å². The molecule has 108 valence electrons. The van der Waals surface area contributed by atoms with E-state index < -0.39 is 0 Å². The minimum absolute atomic E-state index is 0.860. The van der Waals surface area contributed by atoms with Gasteiger partial charge in [-0.1, -0.05) is 19.1 Å². The number of hydrogen-bond donors (Lipinski definition) is 1. The molecule has 4 heteroatoms. The first-order chi connectivity index (χ1) is 9.20. The van der Waals surface area contributed by atoms with E-state index in [4.69, 9.17) is 0 Å². The highest BCUT2D eigenvalue weighted by molar-refractivity contribution is 4.93. The van der Waals surface area contributed by atoms with Crippen molar-refractivity contribution in [1.82, 2.24) is 20.3 Å². The van der Waals surface area contributed by atoms with Crippen LogP contribution in [0.4, 0.5) is 0 Å². The van der Waals surface area contributed by atoms with Crippen molar-refractivity contribution < 1.29 is 0 Å². The van der Waals surface area contributed by atoms with Crippen LogP contribution in [0, 0.1) is 17.8 Å². The average molecular weight is 264 g/mol. The second-order valence-electron chi connectivity index (χ2n) is 6.20. The molecule has 1 aliphatic rings. The largest absolute Gasteiger partial charge is 0.311 e. The Morgan fingerprint density at radius 1 is 1.32 bits per heavy atom. The Morgan fingerprint density at radius 3 is 2.68 bits per heavy atom. The van der Waals surface area contributed by atoms with Gasteiger partial charge in [-0.05, 0) is 56.9 Å². The van der Waals surface area contributed by atoms with Crippen LogP contribution in [-0.4, -0.2) is 21.5 Å². The smallest absolute Gasteiger partial charge is 0.0738 e. The van der Waals surface area contributed by atoms with Crippen molar-refractivity contribution in [3.63, 3.8) is 0 Å². The highest BCUT2D eigenvalue weighted by Gasteiger charge is 2.22. The Hall–Kier alpha value is -0.900. The molecule has 0 unspecified atom stereocenters. The number of aryl methyl sites for hydroxylation is 1. The van der Waals surface area contributed by atoms with Crippen molar-refractivity contribution in [3.05, 3.63) is 11.9 Å². The zero-order chi connectivity index (χ0) is 13.7. The maximum atomic E-state index is 4.06. The van der Waals surface area contributed by atoms with E-state index in [0.717, 1.165) is 37.4 Å². The lowest BCUT2D eigenvalue weighted by Crippen LogP contribution is -2.28. The molecule has 1 aromatic heterocycles. The maximum Gasteiger partial charge on any atom is 0.0738 e. The predicted octanol–water partition coefficient (Wildman–Crippen LogP) is 2.85. The van der Waals surface area contributed by atoms with E-state index in [1.165, 1.54) is 31.4 Å². The van der Waals surface area contributed by atoms with Gasteiger partial charge in [0.1, 0.15) is 0 Å². The summed E-state index contributed by atoms with van der Waals surface area (Å²) in [6, 6.07) is 0. The fraction of sp³-hybridized carbons (Fsp3) is 0.867. The van der Waals surface area contributed by atoms with E-state index in [1.807, 2.05) is 10.9 Å². The Bertz CT molecular complexity index is 364. The molecule has 1 aliphatic carbocycles. The molecule has 0 amide bonds. The summed E-state index contributed by atoms with van der Waals surface area (Å²) in [6.07, 6.45) is 7.48. The Balaban J connectivity index is 1.67. The molecule has 1 N–H and O–H groups in total. The first-order valence-electron chi connectivity index (χ1n) is 7.78. The SMILES string of the molecule is CCn1nncc1CNCC1CCC(C(C)C)CC1. The number of nitrogens with zero attached hydrogens (tertiary/aromatic N) is 3. The van der Waals surface area contributed by atoms with E-state index in [-0.39, 0.29) is 0 Å². The van der Waals surface area contributed by atoms with E-state index >= 15 is 0 Å². The number of aromatic nitrogens is 3. The quantitative estimate of drug-likeness (QED) is 0.859. The average Bonchev–Trinajstić information content (AvgIpc) is 2.87. The first kappa shape index (κ1) is 14.5. The molecular weight excluding hydrogens is 236 g/mol. The molecule has 0 spiro atoms. The normalized spacial score (nSPS) is 24.0. The van der Waals surface area contributed by atoms with Crippen LogP contribution in [0.5, 0.6) is 0 Å². The second-order valence-corrected chi connectivity index (χ2v) is 6.20. The van der Waals surface area contributed by atoms with Crippen LogP contribution in [0.3, 0.4) is 0 Å². The molecule has 2 rings (SSSR count). The summed E-state index contributed by atoms with van der Waals surface area (Å²) in [5, 5.41) is 11.6. The van der Waals surface area contributed by atoms with Crippen molar-refractivity contribution in [3.8, 4) is 0 Å². The van der Waals surface area contributed by atoms with Gasteiger partial charge in [0.25, 0.3) is 0 Å². The number of rotatable bonds is 6. The summed E-state index contributed by atoms with van der Waals surface area (Å²) < 4.78 is 1.96. The van der Waals surface area contributed by atoms with E-state index in [1.54, 1.807) is 0 Å². The molecule has 1 aromatic rings. The summed E-state index contributed by atoms with van der Waals surface area (Å²) in [6.45, 7) is 9.76. The van der Waals surface area contributed by atoms with Crippen molar-refractivity contribution >= 4 is 0 Å². The lowest BCUT2D eigenvalue weighted by atomic mass is 9.77. The van der Waals surface area contributed by atoms with Gasteiger partial charge in [0.15, 0.2) is 0 Å². The highest BCUT2D eigenvalue weighted by Crippen LogP contribution is 2.32. The zero-order valence-electron chi connectivity index (χ0n) is 12.6. The third kappa shape index (κ3) is 4.03. The number of hydrogen-bond acceptors (Lipinski definition) is 3. The lowest BCUT2D eigenvalue weighted by molar-refractivity contribution is 0.220. The third-order valence-electron chi connectivity index (χ3n) is 4.57. The fourth-order valence-electron chi connectivity index (χ4n) is 3.15. The van der Waals surface area contributed by atoms with Gasteiger partial charge >= 0.3 is 0 Å². The van der Waals surface area contributed by atoms with Gasteiger partial charge in [-0.25, -0.2) is 4.68 Å². The van der Waals surface area contributed by atoms with Crippen LogP contribution in [0.1, 0.15) is 52.1 Å². The summed E-state index contributed by atoms with van der Waals surface area (Å²) >= 11 is 0. The molecule has 19 heavy (non-hydrogen) atoms. The monoisotopic (exact) mass is 264 g/mol. The van der Waals surface area contributed by atoms with Gasteiger partial charge in [-0.2, -0.15) is 0 Å². The molecule has 0 radical (unpaired) electrons. The van der Waals surface area contributed by atoms with Gasteiger partial charge in [0.05, 0.1) is 11.9 Å². The van der Waals surface area contributed by atoms with Crippen molar-refractivity contribution in [2.45, 2.75) is 59.5 Å². The number of nitrogens with one attached hydrogen (secondary N) is 1. The molecule has 1 fully saturated rings. The Kier molecular flexibility index (Phi) is 5.37.